The zero-order chi connectivity index (χ0) is 31.0. The van der Waals surface area contributed by atoms with Crippen molar-refractivity contribution in [3.05, 3.63) is 152 Å². The van der Waals surface area contributed by atoms with E-state index in [9.17, 15) is 0 Å². The lowest BCUT2D eigenvalue weighted by Gasteiger charge is -2.32. The van der Waals surface area contributed by atoms with E-state index in [0.717, 1.165) is 22.2 Å². The second-order valence-corrected chi connectivity index (χ2v) is 12.7. The Labute approximate surface area is 267 Å². The van der Waals surface area contributed by atoms with Crippen LogP contribution in [-0.2, 0) is 9.31 Å². The monoisotopic (exact) mass is 584 g/mol. The fraction of sp³-hybridized carbons (Fsp3) is 0.143. The maximum absolute atomic E-state index is 6.66. The topological polar surface area (TPSA) is 18.5 Å². The van der Waals surface area contributed by atoms with Gasteiger partial charge in [0.05, 0.1) is 11.2 Å². The van der Waals surface area contributed by atoms with E-state index >= 15 is 0 Å². The van der Waals surface area contributed by atoms with Crippen molar-refractivity contribution in [1.29, 1.82) is 0 Å². The number of rotatable bonds is 6. The van der Waals surface area contributed by atoms with Crippen LogP contribution in [0.15, 0.2) is 152 Å². The van der Waals surface area contributed by atoms with Crippen molar-refractivity contribution in [2.24, 2.45) is 0 Å². The van der Waals surface area contributed by atoms with Crippen molar-refractivity contribution < 1.29 is 9.31 Å². The average Bonchev–Trinajstić information content (AvgIpc) is 3.31. The van der Waals surface area contributed by atoms with Crippen molar-refractivity contribution in [2.75, 3.05) is 0 Å². The Bertz CT molecular complexity index is 1920. The molecule has 0 spiro atoms. The zero-order valence-electron chi connectivity index (χ0n) is 26.3. The fourth-order valence-corrected chi connectivity index (χ4v) is 6.36. The highest BCUT2D eigenvalue weighted by Gasteiger charge is 2.52. The van der Waals surface area contributed by atoms with Crippen molar-refractivity contribution >= 4 is 12.6 Å². The minimum atomic E-state index is -0.496. The first-order valence-electron chi connectivity index (χ1n) is 15.7. The van der Waals surface area contributed by atoms with Gasteiger partial charge in [0.15, 0.2) is 0 Å². The second-order valence-electron chi connectivity index (χ2n) is 12.7. The molecule has 0 unspecified atom stereocenters. The maximum Gasteiger partial charge on any atom is 0.495 e. The summed E-state index contributed by atoms with van der Waals surface area (Å²) < 4.78 is 13.3. The van der Waals surface area contributed by atoms with E-state index in [0.29, 0.717) is 0 Å². The van der Waals surface area contributed by atoms with Gasteiger partial charge in [0.25, 0.3) is 0 Å². The molecule has 1 heterocycles. The highest BCUT2D eigenvalue weighted by molar-refractivity contribution is 6.64. The van der Waals surface area contributed by atoms with Gasteiger partial charge >= 0.3 is 7.12 Å². The Morgan fingerprint density at radius 3 is 1.24 bits per heavy atom. The van der Waals surface area contributed by atoms with Gasteiger partial charge in [0.1, 0.15) is 0 Å². The van der Waals surface area contributed by atoms with E-state index in [4.69, 9.17) is 9.31 Å². The fourth-order valence-electron chi connectivity index (χ4n) is 6.36. The summed E-state index contributed by atoms with van der Waals surface area (Å²) in [5.41, 5.74) is 11.8. The maximum atomic E-state index is 6.66. The molecule has 0 aliphatic carbocycles. The van der Waals surface area contributed by atoms with Crippen LogP contribution >= 0.6 is 0 Å². The summed E-state index contributed by atoms with van der Waals surface area (Å²) in [4.78, 5) is 0. The predicted molar refractivity (Wildman–Crippen MR) is 189 cm³/mol. The molecule has 0 saturated carbocycles. The number of benzene rings is 6. The van der Waals surface area contributed by atoms with Crippen LogP contribution in [0.25, 0.3) is 55.6 Å². The lowest BCUT2D eigenvalue weighted by atomic mass is 9.71. The van der Waals surface area contributed by atoms with E-state index in [-0.39, 0.29) is 0 Å². The van der Waals surface area contributed by atoms with Gasteiger partial charge in [0, 0.05) is 0 Å². The Balaban J connectivity index is 1.63. The first-order valence-corrected chi connectivity index (χ1v) is 15.7. The molecular formula is C42H37BO2. The molecule has 1 aliphatic rings. The number of hydrogen-bond donors (Lipinski definition) is 0. The summed E-state index contributed by atoms with van der Waals surface area (Å²) in [5, 5.41) is 0. The van der Waals surface area contributed by atoms with Crippen molar-refractivity contribution in [2.45, 2.75) is 38.9 Å². The van der Waals surface area contributed by atoms with E-state index in [1.54, 1.807) is 0 Å². The van der Waals surface area contributed by atoms with E-state index in [1.165, 1.54) is 38.9 Å². The molecule has 0 bridgehead atoms. The zero-order valence-corrected chi connectivity index (χ0v) is 26.3. The molecular weight excluding hydrogens is 547 g/mol. The Kier molecular flexibility index (Phi) is 7.53. The quantitative estimate of drug-likeness (QED) is 0.181. The van der Waals surface area contributed by atoms with Gasteiger partial charge in [0.2, 0.25) is 0 Å². The molecule has 220 valence electrons. The van der Waals surface area contributed by atoms with Gasteiger partial charge in [-0.15, -0.1) is 0 Å². The molecule has 0 atom stereocenters. The van der Waals surface area contributed by atoms with Gasteiger partial charge < -0.3 is 9.31 Å². The first-order chi connectivity index (χ1) is 21.8. The van der Waals surface area contributed by atoms with E-state index < -0.39 is 18.3 Å². The van der Waals surface area contributed by atoms with Crippen LogP contribution in [-0.4, -0.2) is 18.3 Å². The molecule has 1 fully saturated rings. The Hall–Kier alpha value is -4.70. The molecule has 1 aliphatic heterocycles. The third-order valence-electron chi connectivity index (χ3n) is 9.36. The summed E-state index contributed by atoms with van der Waals surface area (Å²) in [7, 11) is -0.496. The van der Waals surface area contributed by atoms with Crippen molar-refractivity contribution in [3.8, 4) is 55.6 Å². The highest BCUT2D eigenvalue weighted by atomic mass is 16.7. The lowest BCUT2D eigenvalue weighted by Crippen LogP contribution is -2.41. The van der Waals surface area contributed by atoms with Crippen molar-refractivity contribution in [3.63, 3.8) is 0 Å². The van der Waals surface area contributed by atoms with Crippen LogP contribution in [0.3, 0.4) is 0 Å². The molecule has 1 saturated heterocycles. The molecule has 0 radical (unpaired) electrons. The summed E-state index contributed by atoms with van der Waals surface area (Å²) in [5.74, 6) is 0. The molecule has 0 aromatic heterocycles. The molecule has 6 aromatic rings. The van der Waals surface area contributed by atoms with Gasteiger partial charge in [-0.25, -0.2) is 0 Å². The standard InChI is InChI=1S/C42H37BO2/c1-41(2)42(3,4)45-43(44-41)37-28-18-17-27-34(37)36-29-35(30-19-9-5-10-20-30)38(31-21-11-6-12-22-31)40(33-25-15-8-16-26-33)39(36)32-23-13-7-14-24-32/h5-29H,1-4H3. The van der Waals surface area contributed by atoms with Gasteiger partial charge in [-0.1, -0.05) is 146 Å². The summed E-state index contributed by atoms with van der Waals surface area (Å²) in [6.07, 6.45) is 0. The molecule has 0 N–H and O–H groups in total. The van der Waals surface area contributed by atoms with Crippen LogP contribution in [0.2, 0.25) is 0 Å². The third-order valence-corrected chi connectivity index (χ3v) is 9.36. The highest BCUT2D eigenvalue weighted by Crippen LogP contribution is 2.50. The minimum absolute atomic E-state index is 0.450. The van der Waals surface area contributed by atoms with E-state index in [2.05, 4.69) is 179 Å². The van der Waals surface area contributed by atoms with E-state index in [1.807, 2.05) is 0 Å². The smallest absolute Gasteiger partial charge is 0.399 e. The minimum Gasteiger partial charge on any atom is -0.399 e. The average molecular weight is 585 g/mol. The first kappa shape index (κ1) is 29.0. The molecule has 6 aromatic carbocycles. The summed E-state index contributed by atoms with van der Waals surface area (Å²) in [6, 6.07) is 54.1. The molecule has 45 heavy (non-hydrogen) atoms. The molecule has 7 rings (SSSR count). The SMILES string of the molecule is CC1(C)OB(c2ccccc2-c2cc(-c3ccccc3)c(-c3ccccc3)c(-c3ccccc3)c2-c2ccccc2)OC1(C)C. The summed E-state index contributed by atoms with van der Waals surface area (Å²) >= 11 is 0. The predicted octanol–water partition coefficient (Wildman–Crippen LogP) is 10.3. The second kappa shape index (κ2) is 11.7. The normalized spacial score (nSPS) is 15.2. The Morgan fingerprint density at radius 1 is 0.378 bits per heavy atom. The van der Waals surface area contributed by atoms with Crippen LogP contribution < -0.4 is 5.46 Å². The van der Waals surface area contributed by atoms with Crippen LogP contribution in [0, 0.1) is 0 Å². The van der Waals surface area contributed by atoms with Gasteiger partial charge in [-0.3, -0.25) is 0 Å². The summed E-state index contributed by atoms with van der Waals surface area (Å²) in [6.45, 7) is 8.45. The lowest BCUT2D eigenvalue weighted by molar-refractivity contribution is 0.00578. The Morgan fingerprint density at radius 2 is 0.756 bits per heavy atom. The van der Waals surface area contributed by atoms with Crippen LogP contribution in [0.4, 0.5) is 0 Å². The van der Waals surface area contributed by atoms with Gasteiger partial charge in [-0.2, -0.15) is 0 Å². The molecule has 3 heteroatoms. The van der Waals surface area contributed by atoms with Gasteiger partial charge in [-0.05, 0) is 94.9 Å². The van der Waals surface area contributed by atoms with Crippen molar-refractivity contribution in [1.82, 2.24) is 0 Å². The largest absolute Gasteiger partial charge is 0.495 e. The van der Waals surface area contributed by atoms with Crippen LogP contribution in [0.1, 0.15) is 27.7 Å². The third kappa shape index (κ3) is 5.33. The number of hydrogen-bond acceptors (Lipinski definition) is 2. The molecule has 0 amide bonds. The molecule has 2 nitrogen and oxygen atoms in total. The van der Waals surface area contributed by atoms with Crippen LogP contribution in [0.5, 0.6) is 0 Å².